The smallest absolute Gasteiger partial charge is 0.123 e. The molecule has 0 heterocycles. The third-order valence-corrected chi connectivity index (χ3v) is 1.68. The van der Waals surface area contributed by atoms with Crippen LogP contribution in [0.3, 0.4) is 0 Å². The minimum absolute atomic E-state index is 0.0851. The number of hydrogen-bond donors (Lipinski definition) is 0. The molecule has 1 unspecified atom stereocenters. The Morgan fingerprint density at radius 3 is 2.42 bits per heavy atom. The van der Waals surface area contributed by atoms with Crippen molar-refractivity contribution in [1.29, 1.82) is 0 Å². The third-order valence-electron chi connectivity index (χ3n) is 1.68. The lowest BCUT2D eigenvalue weighted by molar-refractivity contribution is -0.115. The molecule has 0 radical (unpaired) electrons. The van der Waals surface area contributed by atoms with Gasteiger partial charge in [0.2, 0.25) is 0 Å². The average Bonchev–Trinajstić information content (AvgIpc) is 2.02. The van der Waals surface area contributed by atoms with E-state index < -0.39 is 0 Å². The van der Waals surface area contributed by atoms with E-state index in [0.29, 0.717) is 6.42 Å². The fraction of sp³-hybridized carbons (Fsp3) is 0.600. The topological polar surface area (TPSA) is 34.1 Å². The maximum absolute atomic E-state index is 10.4. The highest BCUT2D eigenvalue weighted by Gasteiger charge is 2.04. The van der Waals surface area contributed by atoms with Gasteiger partial charge < -0.3 is 9.59 Å². The van der Waals surface area contributed by atoms with Crippen molar-refractivity contribution in [3.63, 3.8) is 0 Å². The zero-order chi connectivity index (χ0) is 9.40. The van der Waals surface area contributed by atoms with E-state index in [1.165, 1.54) is 5.57 Å². The average molecular weight is 168 g/mol. The molecule has 0 bridgehead atoms. The lowest BCUT2D eigenvalue weighted by Gasteiger charge is -2.02. The molecule has 0 fully saturated rings. The van der Waals surface area contributed by atoms with E-state index in [9.17, 15) is 9.59 Å². The van der Waals surface area contributed by atoms with Crippen molar-refractivity contribution >= 4 is 12.6 Å². The summed E-state index contributed by atoms with van der Waals surface area (Å²) in [5, 5.41) is 0. The van der Waals surface area contributed by atoms with E-state index in [2.05, 4.69) is 6.08 Å². The van der Waals surface area contributed by atoms with Gasteiger partial charge in [0.1, 0.15) is 12.6 Å². The molecule has 0 aromatic heterocycles. The van der Waals surface area contributed by atoms with Crippen molar-refractivity contribution < 1.29 is 9.59 Å². The van der Waals surface area contributed by atoms with Crippen LogP contribution in [0.2, 0.25) is 0 Å². The molecule has 12 heavy (non-hydrogen) atoms. The summed E-state index contributed by atoms with van der Waals surface area (Å²) in [6.07, 6.45) is 5.79. The summed E-state index contributed by atoms with van der Waals surface area (Å²) in [6, 6.07) is 0. The van der Waals surface area contributed by atoms with Crippen molar-refractivity contribution in [3.05, 3.63) is 11.6 Å². The molecule has 2 nitrogen and oxygen atoms in total. The Kier molecular flexibility index (Phi) is 6.25. The SMILES string of the molecule is CC(C)=CCCC(C=O)CC=O. The van der Waals surface area contributed by atoms with Crippen LogP contribution in [-0.4, -0.2) is 12.6 Å². The van der Waals surface area contributed by atoms with Crippen LogP contribution in [0.4, 0.5) is 0 Å². The van der Waals surface area contributed by atoms with Crippen LogP contribution in [0, 0.1) is 5.92 Å². The largest absolute Gasteiger partial charge is 0.303 e. The number of allylic oxidation sites excluding steroid dienone is 2. The fourth-order valence-electron chi connectivity index (χ4n) is 0.951. The zero-order valence-electron chi connectivity index (χ0n) is 7.75. The van der Waals surface area contributed by atoms with Gasteiger partial charge >= 0.3 is 0 Å². The highest BCUT2D eigenvalue weighted by Crippen LogP contribution is 2.08. The quantitative estimate of drug-likeness (QED) is 0.450. The summed E-state index contributed by atoms with van der Waals surface area (Å²) in [6.45, 7) is 4.05. The normalized spacial score (nSPS) is 11.8. The van der Waals surface area contributed by atoms with Crippen molar-refractivity contribution in [2.24, 2.45) is 5.92 Å². The summed E-state index contributed by atoms with van der Waals surface area (Å²) in [5.74, 6) is -0.0851. The van der Waals surface area contributed by atoms with Crippen molar-refractivity contribution in [2.45, 2.75) is 33.1 Å². The second-order valence-corrected chi connectivity index (χ2v) is 3.16. The molecule has 68 valence electrons. The van der Waals surface area contributed by atoms with Gasteiger partial charge in [-0.1, -0.05) is 11.6 Å². The third kappa shape index (κ3) is 5.83. The molecule has 0 N–H and O–H groups in total. The first kappa shape index (κ1) is 11.1. The molecule has 0 saturated carbocycles. The molecule has 1 atom stereocenters. The van der Waals surface area contributed by atoms with Crippen molar-refractivity contribution in [2.75, 3.05) is 0 Å². The Bertz CT molecular complexity index is 167. The van der Waals surface area contributed by atoms with Gasteiger partial charge in [0.05, 0.1) is 0 Å². The first-order chi connectivity index (χ1) is 5.70. The van der Waals surface area contributed by atoms with Gasteiger partial charge in [-0.05, 0) is 26.7 Å². The van der Waals surface area contributed by atoms with Crippen LogP contribution < -0.4 is 0 Å². The lowest BCUT2D eigenvalue weighted by atomic mass is 10.0. The maximum Gasteiger partial charge on any atom is 0.123 e. The summed E-state index contributed by atoms with van der Waals surface area (Å²) in [4.78, 5) is 20.5. The van der Waals surface area contributed by atoms with Gasteiger partial charge in [0, 0.05) is 12.3 Å². The highest BCUT2D eigenvalue weighted by molar-refractivity contribution is 5.61. The maximum atomic E-state index is 10.4. The fourth-order valence-corrected chi connectivity index (χ4v) is 0.951. The first-order valence-corrected chi connectivity index (χ1v) is 4.23. The van der Waals surface area contributed by atoms with Crippen LogP contribution >= 0.6 is 0 Å². The van der Waals surface area contributed by atoms with E-state index in [0.717, 1.165) is 25.4 Å². The summed E-state index contributed by atoms with van der Waals surface area (Å²) in [5.41, 5.74) is 1.26. The molecule has 0 spiro atoms. The number of carbonyl (C=O) groups is 2. The second kappa shape index (κ2) is 6.77. The van der Waals surface area contributed by atoms with Gasteiger partial charge in [0.15, 0.2) is 0 Å². The van der Waals surface area contributed by atoms with Crippen LogP contribution in [0.25, 0.3) is 0 Å². The Balaban J connectivity index is 3.64. The number of hydrogen-bond acceptors (Lipinski definition) is 2. The van der Waals surface area contributed by atoms with Crippen LogP contribution in [0.1, 0.15) is 33.1 Å². The molecule has 2 heteroatoms. The van der Waals surface area contributed by atoms with Crippen molar-refractivity contribution in [3.8, 4) is 0 Å². The number of carbonyl (C=O) groups excluding carboxylic acids is 2. The lowest BCUT2D eigenvalue weighted by Crippen LogP contribution is -2.01. The van der Waals surface area contributed by atoms with Gasteiger partial charge in [-0.2, -0.15) is 0 Å². The minimum atomic E-state index is -0.0851. The predicted octanol–water partition coefficient (Wildman–Crippen LogP) is 2.14. The minimum Gasteiger partial charge on any atom is -0.303 e. The summed E-state index contributed by atoms with van der Waals surface area (Å²) < 4.78 is 0. The van der Waals surface area contributed by atoms with Gasteiger partial charge in [-0.15, -0.1) is 0 Å². The molecular formula is C10H16O2. The van der Waals surface area contributed by atoms with Crippen LogP contribution in [-0.2, 0) is 9.59 Å². The molecule has 0 aliphatic heterocycles. The highest BCUT2D eigenvalue weighted by atomic mass is 16.1. The standard InChI is InChI=1S/C10H16O2/c1-9(2)4-3-5-10(8-12)6-7-11/h4,7-8,10H,3,5-6H2,1-2H3. The Labute approximate surface area is 73.7 Å². The van der Waals surface area contributed by atoms with E-state index in [1.54, 1.807) is 0 Å². The van der Waals surface area contributed by atoms with E-state index in [1.807, 2.05) is 13.8 Å². The molecule has 0 rings (SSSR count). The van der Waals surface area contributed by atoms with Crippen LogP contribution in [0.15, 0.2) is 11.6 Å². The number of rotatable bonds is 6. The molecule has 0 aromatic carbocycles. The number of aldehydes is 2. The summed E-state index contributed by atoms with van der Waals surface area (Å²) in [7, 11) is 0. The van der Waals surface area contributed by atoms with Gasteiger partial charge in [-0.3, -0.25) is 0 Å². The van der Waals surface area contributed by atoms with E-state index in [4.69, 9.17) is 0 Å². The Hall–Kier alpha value is -0.920. The monoisotopic (exact) mass is 168 g/mol. The van der Waals surface area contributed by atoms with E-state index >= 15 is 0 Å². The van der Waals surface area contributed by atoms with Crippen molar-refractivity contribution in [1.82, 2.24) is 0 Å². The zero-order valence-corrected chi connectivity index (χ0v) is 7.75. The predicted molar refractivity (Wildman–Crippen MR) is 48.9 cm³/mol. The van der Waals surface area contributed by atoms with Crippen LogP contribution in [0.5, 0.6) is 0 Å². The molecule has 0 aliphatic carbocycles. The van der Waals surface area contributed by atoms with E-state index in [-0.39, 0.29) is 5.92 Å². The molecule has 0 saturated heterocycles. The summed E-state index contributed by atoms with van der Waals surface area (Å²) >= 11 is 0. The molecular weight excluding hydrogens is 152 g/mol. The molecule has 0 aromatic rings. The Morgan fingerprint density at radius 2 is 2.00 bits per heavy atom. The second-order valence-electron chi connectivity index (χ2n) is 3.16. The first-order valence-electron chi connectivity index (χ1n) is 4.23. The van der Waals surface area contributed by atoms with Gasteiger partial charge in [0.25, 0.3) is 0 Å². The Morgan fingerprint density at radius 1 is 1.33 bits per heavy atom. The molecule has 0 aliphatic rings. The molecule has 0 amide bonds. The van der Waals surface area contributed by atoms with Gasteiger partial charge in [-0.25, -0.2) is 0 Å².